The highest BCUT2D eigenvalue weighted by molar-refractivity contribution is 5.89. The zero-order valence-electron chi connectivity index (χ0n) is 14.1. The van der Waals surface area contributed by atoms with Gasteiger partial charge in [0.05, 0.1) is 0 Å². The Balaban J connectivity index is 2.51. The van der Waals surface area contributed by atoms with Crippen LogP contribution in [0.3, 0.4) is 0 Å². The van der Waals surface area contributed by atoms with Crippen molar-refractivity contribution in [1.29, 1.82) is 0 Å². The van der Waals surface area contributed by atoms with Gasteiger partial charge in [-0.1, -0.05) is 20.3 Å². The molecule has 2 amide bonds. The van der Waals surface area contributed by atoms with E-state index in [9.17, 15) is 4.79 Å². The van der Waals surface area contributed by atoms with Gasteiger partial charge in [-0.05, 0) is 43.5 Å². The van der Waals surface area contributed by atoms with Gasteiger partial charge in [0, 0.05) is 37.6 Å². The molecule has 3 N–H and O–H groups in total. The van der Waals surface area contributed by atoms with Crippen molar-refractivity contribution in [2.75, 3.05) is 30.4 Å². The third kappa shape index (κ3) is 5.93. The standard InChI is InChI=1S/C17H29N3O2/c1-5-6-11-20(4)16-9-7-15(8-10-16)19-17(22)18-14(3)13(2)12-21/h7-10,13-14,21H,5-6,11-12H2,1-4H3,(H2,18,19,22). The summed E-state index contributed by atoms with van der Waals surface area (Å²) >= 11 is 0. The molecule has 0 aliphatic rings. The van der Waals surface area contributed by atoms with Crippen molar-refractivity contribution in [2.45, 2.75) is 39.7 Å². The van der Waals surface area contributed by atoms with Crippen molar-refractivity contribution < 1.29 is 9.90 Å². The number of urea groups is 1. The van der Waals surface area contributed by atoms with Crippen LogP contribution in [-0.4, -0.2) is 37.4 Å². The van der Waals surface area contributed by atoms with E-state index in [1.165, 1.54) is 12.8 Å². The maximum absolute atomic E-state index is 11.9. The second-order valence-corrected chi connectivity index (χ2v) is 5.87. The number of aliphatic hydroxyl groups is 1. The zero-order valence-corrected chi connectivity index (χ0v) is 14.1. The van der Waals surface area contributed by atoms with Gasteiger partial charge in [-0.2, -0.15) is 0 Å². The first kappa shape index (κ1) is 18.3. The molecule has 0 aliphatic heterocycles. The highest BCUT2D eigenvalue weighted by atomic mass is 16.3. The van der Waals surface area contributed by atoms with Gasteiger partial charge in [0.1, 0.15) is 0 Å². The van der Waals surface area contributed by atoms with E-state index in [1.807, 2.05) is 38.1 Å². The normalized spacial score (nSPS) is 13.3. The van der Waals surface area contributed by atoms with Crippen LogP contribution in [0.2, 0.25) is 0 Å². The molecule has 0 spiro atoms. The number of nitrogens with one attached hydrogen (secondary N) is 2. The molecule has 0 saturated heterocycles. The molecule has 1 aromatic rings. The van der Waals surface area contributed by atoms with Crippen LogP contribution in [-0.2, 0) is 0 Å². The highest BCUT2D eigenvalue weighted by Crippen LogP contribution is 2.17. The van der Waals surface area contributed by atoms with E-state index in [0.29, 0.717) is 0 Å². The molecule has 124 valence electrons. The molecule has 0 radical (unpaired) electrons. The quantitative estimate of drug-likeness (QED) is 0.691. The zero-order chi connectivity index (χ0) is 16.5. The number of nitrogens with zero attached hydrogens (tertiary/aromatic N) is 1. The Morgan fingerprint density at radius 3 is 2.45 bits per heavy atom. The van der Waals surface area contributed by atoms with Gasteiger partial charge in [0.25, 0.3) is 0 Å². The molecule has 0 aromatic heterocycles. The molecule has 0 saturated carbocycles. The number of benzene rings is 1. The van der Waals surface area contributed by atoms with Crippen molar-refractivity contribution >= 4 is 17.4 Å². The molecular formula is C17H29N3O2. The third-order valence-corrected chi connectivity index (χ3v) is 3.91. The monoisotopic (exact) mass is 307 g/mol. The summed E-state index contributed by atoms with van der Waals surface area (Å²) in [5.41, 5.74) is 1.90. The smallest absolute Gasteiger partial charge is 0.319 e. The molecule has 5 heteroatoms. The average molecular weight is 307 g/mol. The predicted octanol–water partition coefficient (Wildman–Crippen LogP) is 3.06. The maximum atomic E-state index is 11.9. The summed E-state index contributed by atoms with van der Waals surface area (Å²) in [6, 6.07) is 7.48. The number of anilines is 2. The average Bonchev–Trinajstić information content (AvgIpc) is 2.52. The van der Waals surface area contributed by atoms with Crippen molar-refractivity contribution in [3.63, 3.8) is 0 Å². The van der Waals surface area contributed by atoms with E-state index in [-0.39, 0.29) is 24.6 Å². The first-order chi connectivity index (χ1) is 10.5. The Hall–Kier alpha value is -1.75. The summed E-state index contributed by atoms with van der Waals surface area (Å²) in [6.07, 6.45) is 2.34. The van der Waals surface area contributed by atoms with Gasteiger partial charge in [-0.25, -0.2) is 4.79 Å². The van der Waals surface area contributed by atoms with Crippen molar-refractivity contribution in [3.05, 3.63) is 24.3 Å². The molecule has 5 nitrogen and oxygen atoms in total. The first-order valence-electron chi connectivity index (χ1n) is 7.97. The van der Waals surface area contributed by atoms with E-state index in [2.05, 4.69) is 29.5 Å². The second-order valence-electron chi connectivity index (χ2n) is 5.87. The predicted molar refractivity (Wildman–Crippen MR) is 92.5 cm³/mol. The van der Waals surface area contributed by atoms with Crippen molar-refractivity contribution in [3.8, 4) is 0 Å². The highest BCUT2D eigenvalue weighted by Gasteiger charge is 2.13. The molecule has 1 rings (SSSR count). The largest absolute Gasteiger partial charge is 0.396 e. The Kier molecular flexibility index (Phi) is 7.74. The number of hydrogen-bond donors (Lipinski definition) is 3. The fourth-order valence-electron chi connectivity index (χ4n) is 2.00. The first-order valence-corrected chi connectivity index (χ1v) is 7.97. The molecule has 0 fully saturated rings. The van der Waals surface area contributed by atoms with E-state index >= 15 is 0 Å². The Labute approximate surface area is 133 Å². The van der Waals surface area contributed by atoms with Gasteiger partial charge in [-0.3, -0.25) is 0 Å². The summed E-state index contributed by atoms with van der Waals surface area (Å²) < 4.78 is 0. The lowest BCUT2D eigenvalue weighted by Gasteiger charge is -2.20. The Morgan fingerprint density at radius 1 is 1.27 bits per heavy atom. The summed E-state index contributed by atoms with van der Waals surface area (Å²) in [5, 5.41) is 14.7. The molecule has 0 heterocycles. The minimum absolute atomic E-state index is 0.0281. The van der Waals surface area contributed by atoms with Crippen LogP contribution in [0.25, 0.3) is 0 Å². The fraction of sp³-hybridized carbons (Fsp3) is 0.588. The SMILES string of the molecule is CCCCN(C)c1ccc(NC(=O)NC(C)C(C)CO)cc1. The van der Waals surface area contributed by atoms with Gasteiger partial charge in [-0.15, -0.1) is 0 Å². The lowest BCUT2D eigenvalue weighted by molar-refractivity contribution is 0.204. The van der Waals surface area contributed by atoms with Crippen LogP contribution in [0, 0.1) is 5.92 Å². The van der Waals surface area contributed by atoms with E-state index in [1.54, 1.807) is 0 Å². The van der Waals surface area contributed by atoms with E-state index in [0.717, 1.165) is 17.9 Å². The number of carbonyl (C=O) groups is 1. The van der Waals surface area contributed by atoms with Gasteiger partial charge >= 0.3 is 6.03 Å². The van der Waals surface area contributed by atoms with E-state index < -0.39 is 0 Å². The van der Waals surface area contributed by atoms with Gasteiger partial charge in [0.15, 0.2) is 0 Å². The lowest BCUT2D eigenvalue weighted by Crippen LogP contribution is -2.40. The molecule has 2 atom stereocenters. The van der Waals surface area contributed by atoms with Crippen LogP contribution >= 0.6 is 0 Å². The summed E-state index contributed by atoms with van der Waals surface area (Å²) in [7, 11) is 2.07. The Morgan fingerprint density at radius 2 is 1.91 bits per heavy atom. The van der Waals surface area contributed by atoms with Gasteiger partial charge < -0.3 is 20.6 Å². The van der Waals surface area contributed by atoms with Crippen LogP contribution in [0.15, 0.2) is 24.3 Å². The topological polar surface area (TPSA) is 64.6 Å². The molecule has 0 aliphatic carbocycles. The fourth-order valence-corrected chi connectivity index (χ4v) is 2.00. The summed E-state index contributed by atoms with van der Waals surface area (Å²) in [6.45, 7) is 7.04. The van der Waals surface area contributed by atoms with Gasteiger partial charge in [0.2, 0.25) is 0 Å². The number of rotatable bonds is 8. The van der Waals surface area contributed by atoms with Crippen LogP contribution in [0.1, 0.15) is 33.6 Å². The van der Waals surface area contributed by atoms with E-state index in [4.69, 9.17) is 5.11 Å². The number of carbonyl (C=O) groups excluding carboxylic acids is 1. The lowest BCUT2D eigenvalue weighted by atomic mass is 10.1. The van der Waals surface area contributed by atoms with Crippen molar-refractivity contribution in [1.82, 2.24) is 5.32 Å². The molecule has 0 bridgehead atoms. The second kappa shape index (κ2) is 9.30. The minimum Gasteiger partial charge on any atom is -0.396 e. The molecule has 2 unspecified atom stereocenters. The molecule has 1 aromatic carbocycles. The Bertz CT molecular complexity index is 448. The maximum Gasteiger partial charge on any atom is 0.319 e. The number of amides is 2. The number of unbranched alkanes of at least 4 members (excludes halogenated alkanes) is 1. The summed E-state index contributed by atoms with van der Waals surface area (Å²) in [5.74, 6) is 0.0281. The molecule has 22 heavy (non-hydrogen) atoms. The molecular weight excluding hydrogens is 278 g/mol. The third-order valence-electron chi connectivity index (χ3n) is 3.91. The minimum atomic E-state index is -0.250. The number of hydrogen-bond acceptors (Lipinski definition) is 3. The van der Waals surface area contributed by atoms with Crippen molar-refractivity contribution in [2.24, 2.45) is 5.92 Å². The summed E-state index contributed by atoms with van der Waals surface area (Å²) in [4.78, 5) is 14.1. The van der Waals surface area contributed by atoms with Crippen LogP contribution in [0.4, 0.5) is 16.2 Å². The van der Waals surface area contributed by atoms with Crippen LogP contribution < -0.4 is 15.5 Å². The number of aliphatic hydroxyl groups excluding tert-OH is 1. The van der Waals surface area contributed by atoms with Crippen LogP contribution in [0.5, 0.6) is 0 Å².